The molecule has 0 aliphatic rings. The number of nitrogens with zero attached hydrogens (tertiary/aromatic N) is 2. The number of sulfonamides is 1. The number of ether oxygens (including phenoxy) is 2. The summed E-state index contributed by atoms with van der Waals surface area (Å²) in [5.74, 6) is 0.296. The molecule has 0 fully saturated rings. The van der Waals surface area contributed by atoms with Crippen molar-refractivity contribution in [2.75, 3.05) is 23.9 Å². The molecule has 3 aromatic rings. The summed E-state index contributed by atoms with van der Waals surface area (Å²) in [6.45, 7) is 1.89. The molecule has 0 aliphatic carbocycles. The molecule has 32 heavy (non-hydrogen) atoms. The van der Waals surface area contributed by atoms with E-state index >= 15 is 0 Å². The molecule has 0 unspecified atom stereocenters. The van der Waals surface area contributed by atoms with Gasteiger partial charge in [0.05, 0.1) is 4.90 Å². The summed E-state index contributed by atoms with van der Waals surface area (Å²) < 4.78 is 37.4. The third-order valence-electron chi connectivity index (χ3n) is 4.10. The van der Waals surface area contributed by atoms with Gasteiger partial charge in [-0.1, -0.05) is 12.1 Å². The van der Waals surface area contributed by atoms with Gasteiger partial charge in [0.1, 0.15) is 5.75 Å². The van der Waals surface area contributed by atoms with E-state index in [4.69, 9.17) is 9.47 Å². The Morgan fingerprint density at radius 3 is 2.44 bits per heavy atom. The van der Waals surface area contributed by atoms with Gasteiger partial charge in [-0.25, -0.2) is 23.1 Å². The Labute approximate surface area is 186 Å². The van der Waals surface area contributed by atoms with E-state index < -0.39 is 10.0 Å². The maximum Gasteiger partial charge on any atom is 0.264 e. The van der Waals surface area contributed by atoms with Gasteiger partial charge in [0.25, 0.3) is 10.0 Å². The molecule has 0 saturated heterocycles. The Kier molecular flexibility index (Phi) is 7.53. The van der Waals surface area contributed by atoms with Crippen LogP contribution in [-0.4, -0.2) is 38.2 Å². The summed E-state index contributed by atoms with van der Waals surface area (Å²) >= 11 is 0. The number of methoxy groups -OCH3 is 1. The normalized spacial score (nSPS) is 11.3. The van der Waals surface area contributed by atoms with Gasteiger partial charge in [-0.3, -0.25) is 4.79 Å². The predicted molar refractivity (Wildman–Crippen MR) is 121 cm³/mol. The second-order valence-electron chi connectivity index (χ2n) is 6.59. The number of hydrogen-bond acceptors (Lipinski definition) is 7. The fraction of sp³-hybridized carbons (Fsp3) is 0.136. The van der Waals surface area contributed by atoms with Gasteiger partial charge in [0.15, 0.2) is 6.79 Å². The van der Waals surface area contributed by atoms with Crippen molar-refractivity contribution in [2.45, 2.75) is 11.8 Å². The van der Waals surface area contributed by atoms with Crippen molar-refractivity contribution < 1.29 is 22.7 Å². The van der Waals surface area contributed by atoms with Gasteiger partial charge in [0, 0.05) is 30.8 Å². The minimum absolute atomic E-state index is 0.00851. The summed E-state index contributed by atoms with van der Waals surface area (Å²) in [7, 11) is -2.31. The first-order valence-corrected chi connectivity index (χ1v) is 11.0. The van der Waals surface area contributed by atoms with Crippen LogP contribution < -0.4 is 14.8 Å². The monoisotopic (exact) mass is 454 g/mol. The molecule has 2 aromatic carbocycles. The van der Waals surface area contributed by atoms with E-state index in [2.05, 4.69) is 20.0 Å². The largest absolute Gasteiger partial charge is 0.468 e. The van der Waals surface area contributed by atoms with E-state index in [0.717, 1.165) is 5.56 Å². The van der Waals surface area contributed by atoms with Crippen molar-refractivity contribution in [3.63, 3.8) is 0 Å². The van der Waals surface area contributed by atoms with Crippen LogP contribution in [0.5, 0.6) is 5.75 Å². The van der Waals surface area contributed by atoms with Gasteiger partial charge >= 0.3 is 0 Å². The number of amides is 1. The summed E-state index contributed by atoms with van der Waals surface area (Å²) in [6.07, 6.45) is 4.50. The van der Waals surface area contributed by atoms with E-state index in [-0.39, 0.29) is 23.5 Å². The third kappa shape index (κ3) is 6.62. The number of rotatable bonds is 9. The molecule has 2 N–H and O–H groups in total. The molecule has 10 heteroatoms. The topological polar surface area (TPSA) is 120 Å². The molecule has 0 saturated carbocycles. The van der Waals surface area contributed by atoms with E-state index in [9.17, 15) is 13.2 Å². The van der Waals surface area contributed by atoms with Crippen LogP contribution in [0.2, 0.25) is 0 Å². The summed E-state index contributed by atoms with van der Waals surface area (Å²) in [6, 6.07) is 14.6. The summed E-state index contributed by atoms with van der Waals surface area (Å²) in [4.78, 5) is 20.1. The minimum atomic E-state index is -3.85. The Hall–Kier alpha value is -3.76. The molecule has 0 spiro atoms. The second-order valence-corrected chi connectivity index (χ2v) is 8.28. The van der Waals surface area contributed by atoms with Crippen molar-refractivity contribution in [1.82, 2.24) is 9.97 Å². The van der Waals surface area contributed by atoms with Gasteiger partial charge in [-0.2, -0.15) is 0 Å². The lowest BCUT2D eigenvalue weighted by Gasteiger charge is -2.08. The third-order valence-corrected chi connectivity index (χ3v) is 5.45. The molecular formula is C22H22N4O5S. The van der Waals surface area contributed by atoms with Crippen LogP contribution in [0.15, 0.2) is 71.8 Å². The van der Waals surface area contributed by atoms with Crippen LogP contribution in [0, 0.1) is 6.92 Å². The summed E-state index contributed by atoms with van der Waals surface area (Å²) in [5.41, 5.74) is 1.91. The molecule has 1 amide bonds. The fourth-order valence-corrected chi connectivity index (χ4v) is 3.50. The standard InChI is InChI=1S/C22H22N4O5S/c1-16-13-14-23-22(24-16)26-32(28,29)20-10-6-18(7-11-20)25-21(27)12-5-17-3-8-19(9-4-17)31-15-30-2/h3-14H,15H2,1-2H3,(H,25,27)(H,23,24,26)/b12-5+. The zero-order chi connectivity index (χ0) is 23.0. The summed E-state index contributed by atoms with van der Waals surface area (Å²) in [5, 5.41) is 2.68. The average molecular weight is 455 g/mol. The lowest BCUT2D eigenvalue weighted by atomic mass is 10.2. The average Bonchev–Trinajstić information content (AvgIpc) is 2.77. The molecular weight excluding hydrogens is 432 g/mol. The number of anilines is 2. The smallest absolute Gasteiger partial charge is 0.264 e. The van der Waals surface area contributed by atoms with Crippen molar-refractivity contribution in [2.24, 2.45) is 0 Å². The van der Waals surface area contributed by atoms with Crippen LogP contribution >= 0.6 is 0 Å². The first kappa shape index (κ1) is 22.9. The molecule has 1 aromatic heterocycles. The highest BCUT2D eigenvalue weighted by molar-refractivity contribution is 7.92. The molecule has 1 heterocycles. The number of carbonyl (C=O) groups excluding carboxylic acids is 1. The van der Waals surface area contributed by atoms with E-state index in [1.54, 1.807) is 50.4 Å². The highest BCUT2D eigenvalue weighted by Crippen LogP contribution is 2.17. The highest BCUT2D eigenvalue weighted by Gasteiger charge is 2.15. The Balaban J connectivity index is 1.58. The van der Waals surface area contributed by atoms with E-state index in [0.29, 0.717) is 17.1 Å². The zero-order valence-electron chi connectivity index (χ0n) is 17.5. The molecule has 3 rings (SSSR count). The lowest BCUT2D eigenvalue weighted by molar-refractivity contribution is -0.111. The minimum Gasteiger partial charge on any atom is -0.468 e. The molecule has 0 bridgehead atoms. The van der Waals surface area contributed by atoms with Crippen molar-refractivity contribution >= 4 is 33.6 Å². The second kappa shape index (κ2) is 10.5. The maximum absolute atomic E-state index is 12.5. The molecule has 0 radical (unpaired) electrons. The van der Waals surface area contributed by atoms with Gasteiger partial charge in [-0.05, 0) is 61.0 Å². The van der Waals surface area contributed by atoms with E-state index in [1.165, 1.54) is 36.5 Å². The number of nitrogens with one attached hydrogen (secondary N) is 2. The Morgan fingerprint density at radius 2 is 1.78 bits per heavy atom. The fourth-order valence-electron chi connectivity index (χ4n) is 2.55. The molecule has 0 aliphatic heterocycles. The van der Waals surface area contributed by atoms with Gasteiger partial charge in [0.2, 0.25) is 11.9 Å². The van der Waals surface area contributed by atoms with Crippen molar-refractivity contribution in [3.05, 3.63) is 78.1 Å². The van der Waals surface area contributed by atoms with Gasteiger partial charge in [-0.15, -0.1) is 0 Å². The van der Waals surface area contributed by atoms with Crippen LogP contribution in [-0.2, 0) is 19.6 Å². The van der Waals surface area contributed by atoms with Crippen LogP contribution in [0.3, 0.4) is 0 Å². The number of benzene rings is 2. The van der Waals surface area contributed by atoms with Crippen LogP contribution in [0.1, 0.15) is 11.3 Å². The maximum atomic E-state index is 12.5. The number of aryl methyl sites for hydroxylation is 1. The molecule has 166 valence electrons. The number of carbonyl (C=O) groups is 1. The SMILES string of the molecule is COCOc1ccc(/C=C/C(=O)Nc2ccc(S(=O)(=O)Nc3nccc(C)n3)cc2)cc1. The molecule has 0 atom stereocenters. The molecule has 9 nitrogen and oxygen atoms in total. The lowest BCUT2D eigenvalue weighted by Crippen LogP contribution is -2.15. The highest BCUT2D eigenvalue weighted by atomic mass is 32.2. The number of hydrogen-bond donors (Lipinski definition) is 2. The first-order chi connectivity index (χ1) is 15.4. The van der Waals surface area contributed by atoms with Crippen molar-refractivity contribution in [3.8, 4) is 5.75 Å². The number of aromatic nitrogens is 2. The zero-order valence-corrected chi connectivity index (χ0v) is 18.3. The first-order valence-electron chi connectivity index (χ1n) is 9.49. The van der Waals surface area contributed by atoms with Crippen molar-refractivity contribution in [1.29, 1.82) is 0 Å². The van der Waals surface area contributed by atoms with Crippen LogP contribution in [0.4, 0.5) is 11.6 Å². The van der Waals surface area contributed by atoms with E-state index in [1.807, 2.05) is 0 Å². The predicted octanol–water partition coefficient (Wildman–Crippen LogP) is 3.22. The van der Waals surface area contributed by atoms with Gasteiger partial charge < -0.3 is 14.8 Å². The van der Waals surface area contributed by atoms with Crippen LogP contribution in [0.25, 0.3) is 6.08 Å². The quantitative estimate of drug-likeness (QED) is 0.376. The Morgan fingerprint density at radius 1 is 1.06 bits per heavy atom. The Bertz CT molecular complexity index is 1190.